The van der Waals surface area contributed by atoms with Gasteiger partial charge in [0.05, 0.1) is 41.2 Å². The smallest absolute Gasteiger partial charge is 0.306 e. The van der Waals surface area contributed by atoms with Gasteiger partial charge in [0.1, 0.15) is 24.4 Å². The van der Waals surface area contributed by atoms with Gasteiger partial charge in [0, 0.05) is 17.4 Å². The van der Waals surface area contributed by atoms with Gasteiger partial charge in [-0.25, -0.2) is 0 Å². The summed E-state index contributed by atoms with van der Waals surface area (Å²) in [4.78, 5) is 60.3. The Bertz CT molecular complexity index is 1860. The van der Waals surface area contributed by atoms with Gasteiger partial charge in [-0.15, -0.1) is 0 Å². The quantitative estimate of drug-likeness (QED) is 0.276. The van der Waals surface area contributed by atoms with E-state index in [1.165, 1.54) is 9.80 Å². The minimum atomic E-state index is -1.56. The van der Waals surface area contributed by atoms with Crippen LogP contribution in [-0.4, -0.2) is 71.2 Å². The Morgan fingerprint density at radius 1 is 0.940 bits per heavy atom. The number of amides is 3. The Morgan fingerprint density at radius 3 is 2.36 bits per heavy atom. The molecule has 4 aliphatic heterocycles. The number of hydrogen-bond donors (Lipinski definition) is 2. The van der Waals surface area contributed by atoms with Crippen molar-refractivity contribution in [2.75, 3.05) is 24.7 Å². The Kier molecular flexibility index (Phi) is 9.67. The summed E-state index contributed by atoms with van der Waals surface area (Å²) >= 11 is 10.3. The molecule has 0 aliphatic carbocycles. The van der Waals surface area contributed by atoms with E-state index in [0.29, 0.717) is 32.7 Å². The molecule has 0 unspecified atom stereocenters. The molecule has 3 amide bonds. The fraction of sp³-hybridized carbons (Fsp3) is 0.316. The number of likely N-dealkylation sites (tertiary alicyclic amines) is 1. The van der Waals surface area contributed by atoms with Crippen molar-refractivity contribution < 1.29 is 33.8 Å². The van der Waals surface area contributed by atoms with Crippen molar-refractivity contribution in [1.82, 2.24) is 10.2 Å². The summed E-state index contributed by atoms with van der Waals surface area (Å²) in [5.74, 6) is -4.10. The molecule has 0 radical (unpaired) electrons. The predicted octanol–water partition coefficient (Wildman–Crippen LogP) is 5.03. The second-order valence-corrected chi connectivity index (χ2v) is 14.1. The van der Waals surface area contributed by atoms with Gasteiger partial charge in [-0.05, 0) is 35.8 Å². The number of aliphatic hydroxyl groups is 1. The molecule has 0 saturated carbocycles. The number of fused-ring (bicyclic) bond motifs is 2. The van der Waals surface area contributed by atoms with Crippen LogP contribution in [0.5, 0.6) is 0 Å². The van der Waals surface area contributed by atoms with Crippen LogP contribution < -0.4 is 10.2 Å². The van der Waals surface area contributed by atoms with Crippen LogP contribution in [0.2, 0.25) is 5.02 Å². The van der Waals surface area contributed by atoms with Crippen molar-refractivity contribution in [2.24, 2.45) is 11.8 Å². The van der Waals surface area contributed by atoms with E-state index in [4.69, 9.17) is 21.1 Å². The third-order valence-electron chi connectivity index (χ3n) is 9.90. The lowest BCUT2D eigenvalue weighted by molar-refractivity contribution is -0.146. The van der Waals surface area contributed by atoms with E-state index in [2.05, 4.69) is 21.2 Å². The van der Waals surface area contributed by atoms with Gasteiger partial charge in [-0.1, -0.05) is 112 Å². The number of nitrogens with zero attached hydrogens (tertiary/aromatic N) is 2. The van der Waals surface area contributed by atoms with Crippen LogP contribution >= 0.6 is 27.5 Å². The fourth-order valence-corrected chi connectivity index (χ4v) is 8.62. The number of halogens is 2. The third kappa shape index (κ3) is 5.96. The molecule has 258 valence electrons. The molecular weight excluding hydrogens is 726 g/mol. The molecular formula is C38H35BrClN3O7. The molecule has 4 heterocycles. The van der Waals surface area contributed by atoms with Crippen molar-refractivity contribution in [3.63, 3.8) is 0 Å². The summed E-state index contributed by atoms with van der Waals surface area (Å²) in [5, 5.41) is 14.2. The molecule has 10 nitrogen and oxygen atoms in total. The highest BCUT2D eigenvalue weighted by atomic mass is 79.9. The van der Waals surface area contributed by atoms with Gasteiger partial charge in [0.15, 0.2) is 0 Å². The van der Waals surface area contributed by atoms with Crippen LogP contribution in [0.4, 0.5) is 5.69 Å². The fourth-order valence-electron chi connectivity index (χ4n) is 7.65. The normalized spacial score (nSPS) is 29.7. The summed E-state index contributed by atoms with van der Waals surface area (Å²) in [6, 6.07) is 22.1. The van der Waals surface area contributed by atoms with Gasteiger partial charge < -0.3 is 29.7 Å². The number of hydrogen-bond acceptors (Lipinski definition) is 7. The standard InChI is InChI=1S/C38H35BrClN3O7/c39-25-20-38-32-31(33(25)50-38)35(46)41-27(23-12-4-1-5-13-23)22-49-30(45)18-8-3-11-19-42(28-17-10-9-16-26(28)40)37(48)34(38)43(36(32)47)29(21-44)24-14-6-2-7-15-24/h1-7,9-17,20,27,29,31-34,44H,8,18-19,21-22H2,(H,41,46)/b11-3-/t27-,29-,31-,32+,33-,34-,38+/m1/s1. The molecule has 7 rings (SSSR count). The predicted molar refractivity (Wildman–Crippen MR) is 189 cm³/mol. The van der Waals surface area contributed by atoms with Crippen LogP contribution in [0.25, 0.3) is 0 Å². The number of aliphatic hydroxyl groups excluding tert-OH is 1. The molecule has 2 saturated heterocycles. The molecule has 3 aromatic rings. The lowest BCUT2D eigenvalue weighted by Gasteiger charge is -2.39. The first-order chi connectivity index (χ1) is 24.2. The number of para-hydroxylation sites is 1. The van der Waals surface area contributed by atoms with Crippen molar-refractivity contribution in [3.8, 4) is 0 Å². The Labute approximate surface area is 302 Å². The van der Waals surface area contributed by atoms with E-state index in [-0.39, 0.29) is 19.6 Å². The number of ether oxygens (including phenoxy) is 2. The maximum absolute atomic E-state index is 15.2. The van der Waals surface area contributed by atoms with E-state index >= 15 is 4.79 Å². The van der Waals surface area contributed by atoms with Gasteiger partial charge in [-0.3, -0.25) is 19.2 Å². The van der Waals surface area contributed by atoms with Crippen LogP contribution in [-0.2, 0) is 28.7 Å². The van der Waals surface area contributed by atoms with E-state index in [1.54, 1.807) is 66.8 Å². The molecule has 0 aromatic heterocycles. The second kappa shape index (κ2) is 14.1. The first-order valence-electron chi connectivity index (χ1n) is 16.5. The van der Waals surface area contributed by atoms with E-state index < -0.39 is 72.0 Å². The molecule has 12 heteroatoms. The topological polar surface area (TPSA) is 125 Å². The Hall–Kier alpha value is -4.29. The maximum atomic E-state index is 15.2. The Morgan fingerprint density at radius 2 is 1.64 bits per heavy atom. The lowest BCUT2D eigenvalue weighted by Crippen LogP contribution is -2.57. The van der Waals surface area contributed by atoms with Gasteiger partial charge in [0.2, 0.25) is 11.8 Å². The SMILES string of the molecule is O=C1CC/C=C\CN(c2ccccc2Cl)C(=O)[C@H]2N([C@H](CO)c3ccccc3)C(=O)[C@@H]3[C@@H](C(=O)N[C@@H](c4ccccc4)CO1)[C@@H]1O[C@@]32C=C1Br. The number of nitrogens with one attached hydrogen (secondary N) is 1. The highest BCUT2D eigenvalue weighted by Crippen LogP contribution is 2.60. The number of carbonyl (C=O) groups excluding carboxylic acids is 4. The number of esters is 1. The average Bonchev–Trinajstić information content (AvgIpc) is 3.72. The number of benzene rings is 3. The summed E-state index contributed by atoms with van der Waals surface area (Å²) in [6.07, 6.45) is 4.86. The number of rotatable bonds is 5. The minimum Gasteiger partial charge on any atom is -0.463 e. The average molecular weight is 761 g/mol. The molecule has 3 aromatic carbocycles. The van der Waals surface area contributed by atoms with Crippen molar-refractivity contribution in [2.45, 2.75) is 42.7 Å². The van der Waals surface area contributed by atoms with Crippen LogP contribution in [0, 0.1) is 11.8 Å². The molecule has 7 atom stereocenters. The van der Waals surface area contributed by atoms with Crippen LogP contribution in [0.1, 0.15) is 36.1 Å². The first kappa shape index (κ1) is 34.2. The summed E-state index contributed by atoms with van der Waals surface area (Å²) in [5.41, 5.74) is 0.179. The highest BCUT2D eigenvalue weighted by Gasteiger charge is 2.75. The largest absolute Gasteiger partial charge is 0.463 e. The van der Waals surface area contributed by atoms with Gasteiger partial charge in [0.25, 0.3) is 5.91 Å². The van der Waals surface area contributed by atoms with E-state index in [1.807, 2.05) is 36.4 Å². The highest BCUT2D eigenvalue weighted by molar-refractivity contribution is 9.11. The number of allylic oxidation sites excluding steroid dienone is 1. The number of anilines is 1. The summed E-state index contributed by atoms with van der Waals surface area (Å²) in [6.45, 7) is -0.549. The lowest BCUT2D eigenvalue weighted by atomic mass is 9.74. The zero-order valence-corrected chi connectivity index (χ0v) is 29.2. The zero-order chi connectivity index (χ0) is 35.0. The second-order valence-electron chi connectivity index (χ2n) is 12.7. The molecule has 50 heavy (non-hydrogen) atoms. The minimum absolute atomic E-state index is 0.0559. The van der Waals surface area contributed by atoms with E-state index in [9.17, 15) is 19.5 Å². The van der Waals surface area contributed by atoms with E-state index in [0.717, 1.165) is 0 Å². The number of cyclic esters (lactones) is 1. The van der Waals surface area contributed by atoms with Crippen molar-refractivity contribution in [3.05, 3.63) is 124 Å². The summed E-state index contributed by atoms with van der Waals surface area (Å²) in [7, 11) is 0. The number of carbonyl (C=O) groups is 4. The molecule has 2 N–H and O–H groups in total. The molecule has 5 bridgehead atoms. The third-order valence-corrected chi connectivity index (χ3v) is 10.9. The van der Waals surface area contributed by atoms with Crippen LogP contribution in [0.15, 0.2) is 108 Å². The summed E-state index contributed by atoms with van der Waals surface area (Å²) < 4.78 is 12.9. The monoisotopic (exact) mass is 759 g/mol. The molecule has 1 spiro atoms. The van der Waals surface area contributed by atoms with Gasteiger partial charge >= 0.3 is 5.97 Å². The van der Waals surface area contributed by atoms with Crippen molar-refractivity contribution in [1.29, 1.82) is 0 Å². The van der Waals surface area contributed by atoms with Crippen molar-refractivity contribution >= 4 is 56.9 Å². The first-order valence-corrected chi connectivity index (χ1v) is 17.7. The molecule has 2 fully saturated rings. The molecule has 4 aliphatic rings. The van der Waals surface area contributed by atoms with Crippen LogP contribution in [0.3, 0.4) is 0 Å². The maximum Gasteiger partial charge on any atom is 0.306 e. The Balaban J connectivity index is 1.39. The zero-order valence-electron chi connectivity index (χ0n) is 26.9. The van der Waals surface area contributed by atoms with Gasteiger partial charge in [-0.2, -0.15) is 0 Å².